The van der Waals surface area contributed by atoms with E-state index in [1.54, 1.807) is 18.7 Å². The Bertz CT molecular complexity index is 1290. The molecule has 0 saturated heterocycles. The van der Waals surface area contributed by atoms with Gasteiger partial charge in [0, 0.05) is 10.6 Å². The first-order valence-electron chi connectivity index (χ1n) is 9.51. The summed E-state index contributed by atoms with van der Waals surface area (Å²) in [6, 6.07) is 15.6. The Morgan fingerprint density at radius 1 is 1.13 bits per heavy atom. The molecule has 0 unspecified atom stereocenters. The third-order valence-corrected chi connectivity index (χ3v) is 7.15. The zero-order chi connectivity index (χ0) is 21.3. The van der Waals surface area contributed by atoms with Crippen molar-refractivity contribution < 1.29 is 4.79 Å². The molecular weight excluding hydrogens is 414 g/mol. The van der Waals surface area contributed by atoms with Crippen LogP contribution in [-0.2, 0) is 5.75 Å². The van der Waals surface area contributed by atoms with E-state index < -0.39 is 0 Å². The summed E-state index contributed by atoms with van der Waals surface area (Å²) in [5.41, 5.74) is 3.56. The van der Waals surface area contributed by atoms with Crippen LogP contribution in [0.15, 0.2) is 58.2 Å². The van der Waals surface area contributed by atoms with Gasteiger partial charge < -0.3 is 10.3 Å². The Morgan fingerprint density at radius 3 is 2.67 bits per heavy atom. The number of hydrogen-bond donors (Lipinski definition) is 2. The van der Waals surface area contributed by atoms with Gasteiger partial charge in [0.2, 0.25) is 0 Å². The zero-order valence-electron chi connectivity index (χ0n) is 16.9. The molecule has 0 aliphatic carbocycles. The van der Waals surface area contributed by atoms with Gasteiger partial charge in [-0.15, -0.1) is 23.1 Å². The number of aromatic amines is 1. The van der Waals surface area contributed by atoms with E-state index in [2.05, 4.69) is 47.3 Å². The number of nitrogens with zero attached hydrogens (tertiary/aromatic N) is 1. The Labute approximate surface area is 182 Å². The van der Waals surface area contributed by atoms with Crippen molar-refractivity contribution in [2.75, 3.05) is 5.32 Å². The van der Waals surface area contributed by atoms with E-state index in [0.717, 1.165) is 0 Å². The smallest absolute Gasteiger partial charge is 0.266 e. The summed E-state index contributed by atoms with van der Waals surface area (Å²) >= 11 is 2.90. The molecule has 0 saturated carbocycles. The molecule has 0 bridgehead atoms. The largest absolute Gasteiger partial charge is 0.321 e. The number of hydrogen-bond acceptors (Lipinski definition) is 5. The minimum Gasteiger partial charge on any atom is -0.321 e. The molecule has 4 aromatic rings. The van der Waals surface area contributed by atoms with E-state index in [-0.39, 0.29) is 11.5 Å². The van der Waals surface area contributed by atoms with Crippen LogP contribution in [0.5, 0.6) is 0 Å². The fraction of sp³-hybridized carbons (Fsp3) is 0.174. The fourth-order valence-electron chi connectivity index (χ4n) is 3.19. The van der Waals surface area contributed by atoms with Crippen molar-refractivity contribution in [2.24, 2.45) is 0 Å². The molecule has 30 heavy (non-hydrogen) atoms. The van der Waals surface area contributed by atoms with Crippen LogP contribution in [0.1, 0.15) is 32.2 Å². The summed E-state index contributed by atoms with van der Waals surface area (Å²) in [6.07, 6.45) is 0. The summed E-state index contributed by atoms with van der Waals surface area (Å²) in [5, 5.41) is 3.36. The quantitative estimate of drug-likeness (QED) is 0.409. The van der Waals surface area contributed by atoms with E-state index >= 15 is 0 Å². The van der Waals surface area contributed by atoms with Gasteiger partial charge in [-0.25, -0.2) is 4.98 Å². The molecule has 2 aromatic carbocycles. The van der Waals surface area contributed by atoms with Crippen LogP contribution in [0.3, 0.4) is 0 Å². The number of H-pyrrole nitrogens is 1. The van der Waals surface area contributed by atoms with Crippen LogP contribution in [0.25, 0.3) is 10.2 Å². The van der Waals surface area contributed by atoms with Crippen LogP contribution in [0.4, 0.5) is 5.69 Å². The summed E-state index contributed by atoms with van der Waals surface area (Å²) < 4.78 is 0. The molecule has 2 aromatic heterocycles. The summed E-state index contributed by atoms with van der Waals surface area (Å²) in [6.45, 7) is 5.92. The number of thioether (sulfide) groups is 1. The number of nitrogens with one attached hydrogen (secondary N) is 2. The number of benzene rings is 2. The minimum absolute atomic E-state index is 0.205. The Morgan fingerprint density at radius 2 is 1.90 bits per heavy atom. The molecule has 152 valence electrons. The molecule has 0 atom stereocenters. The second-order valence-corrected chi connectivity index (χ2v) is 9.14. The molecule has 0 aliphatic heterocycles. The highest BCUT2D eigenvalue weighted by atomic mass is 32.2. The van der Waals surface area contributed by atoms with Crippen molar-refractivity contribution in [3.63, 3.8) is 0 Å². The van der Waals surface area contributed by atoms with Crippen LogP contribution in [-0.4, -0.2) is 15.9 Å². The second kappa shape index (κ2) is 8.45. The molecule has 1 amide bonds. The average molecular weight is 436 g/mol. The molecule has 0 spiro atoms. The van der Waals surface area contributed by atoms with Gasteiger partial charge in [0.15, 0.2) is 0 Å². The lowest BCUT2D eigenvalue weighted by molar-refractivity contribution is 0.103. The SMILES string of the molecule is Cc1ccc(C)c(SCc2nc3sc(C(=O)Nc4ccccc4)c(C)c3c(=O)[nH]2)c1. The Hall–Kier alpha value is -2.90. The molecule has 7 heteroatoms. The van der Waals surface area contributed by atoms with Gasteiger partial charge in [-0.05, 0) is 50.1 Å². The van der Waals surface area contributed by atoms with E-state index in [1.165, 1.54) is 27.4 Å². The topological polar surface area (TPSA) is 74.8 Å². The first-order chi connectivity index (χ1) is 14.4. The highest BCUT2D eigenvalue weighted by Gasteiger charge is 2.19. The van der Waals surface area contributed by atoms with Gasteiger partial charge in [0.25, 0.3) is 11.5 Å². The third kappa shape index (κ3) is 4.17. The maximum absolute atomic E-state index is 12.7. The van der Waals surface area contributed by atoms with Crippen molar-refractivity contribution in [1.29, 1.82) is 0 Å². The summed E-state index contributed by atoms with van der Waals surface area (Å²) in [4.78, 5) is 35.2. The van der Waals surface area contributed by atoms with Crippen LogP contribution >= 0.6 is 23.1 Å². The Balaban J connectivity index is 1.61. The van der Waals surface area contributed by atoms with Gasteiger partial charge >= 0.3 is 0 Å². The molecule has 0 radical (unpaired) electrons. The molecule has 2 N–H and O–H groups in total. The first kappa shape index (κ1) is 20.4. The van der Waals surface area contributed by atoms with Gasteiger partial charge in [0.1, 0.15) is 10.7 Å². The molecular formula is C23H21N3O2S2. The van der Waals surface area contributed by atoms with Gasteiger partial charge in [0.05, 0.1) is 16.0 Å². The van der Waals surface area contributed by atoms with E-state index in [9.17, 15) is 9.59 Å². The van der Waals surface area contributed by atoms with E-state index in [4.69, 9.17) is 0 Å². The van der Waals surface area contributed by atoms with Gasteiger partial charge in [-0.2, -0.15) is 0 Å². The van der Waals surface area contributed by atoms with Crippen LogP contribution in [0.2, 0.25) is 0 Å². The number of thiophene rings is 1. The van der Waals surface area contributed by atoms with Crippen LogP contribution < -0.4 is 10.9 Å². The average Bonchev–Trinajstić information content (AvgIpc) is 3.06. The van der Waals surface area contributed by atoms with Crippen molar-refractivity contribution in [3.8, 4) is 0 Å². The number of aromatic nitrogens is 2. The minimum atomic E-state index is -0.229. The standard InChI is InChI=1S/C23H21N3O2S2/c1-13-9-10-14(2)17(11-13)29-12-18-25-21(27)19-15(3)20(30-23(19)26-18)22(28)24-16-7-5-4-6-8-16/h4-11H,12H2,1-3H3,(H,24,28)(H,25,26,27). The van der Waals surface area contributed by atoms with Crippen LogP contribution in [0, 0.1) is 20.8 Å². The number of aryl methyl sites for hydroxylation is 3. The predicted octanol–water partition coefficient (Wildman–Crippen LogP) is 5.45. The maximum Gasteiger partial charge on any atom is 0.266 e. The molecule has 2 heterocycles. The maximum atomic E-state index is 12.7. The number of carbonyl (C=O) groups is 1. The third-order valence-electron chi connectivity index (χ3n) is 4.80. The van der Waals surface area contributed by atoms with E-state index in [0.29, 0.717) is 37.9 Å². The summed E-state index contributed by atoms with van der Waals surface area (Å²) in [7, 11) is 0. The molecule has 0 fully saturated rings. The normalized spacial score (nSPS) is 11.0. The fourth-order valence-corrected chi connectivity index (χ4v) is 5.28. The molecule has 4 rings (SSSR count). The molecule has 0 aliphatic rings. The van der Waals surface area contributed by atoms with Crippen molar-refractivity contribution in [2.45, 2.75) is 31.4 Å². The Kier molecular flexibility index (Phi) is 5.74. The zero-order valence-corrected chi connectivity index (χ0v) is 18.5. The lowest BCUT2D eigenvalue weighted by atomic mass is 10.2. The van der Waals surface area contributed by atoms with Crippen molar-refractivity contribution in [3.05, 3.63) is 86.3 Å². The monoisotopic (exact) mass is 435 g/mol. The number of rotatable bonds is 5. The second-order valence-electron chi connectivity index (χ2n) is 7.13. The predicted molar refractivity (Wildman–Crippen MR) is 125 cm³/mol. The van der Waals surface area contributed by atoms with Gasteiger partial charge in [-0.1, -0.05) is 35.9 Å². The number of para-hydroxylation sites is 1. The summed E-state index contributed by atoms with van der Waals surface area (Å²) in [5.74, 6) is 0.930. The highest BCUT2D eigenvalue weighted by Crippen LogP contribution is 2.30. The number of carbonyl (C=O) groups excluding carboxylic acids is 1. The van der Waals surface area contributed by atoms with Crippen molar-refractivity contribution in [1.82, 2.24) is 9.97 Å². The lowest BCUT2D eigenvalue weighted by Gasteiger charge is -2.06. The number of anilines is 1. The number of amides is 1. The van der Waals surface area contributed by atoms with Crippen molar-refractivity contribution >= 4 is 44.9 Å². The highest BCUT2D eigenvalue weighted by molar-refractivity contribution is 7.98. The van der Waals surface area contributed by atoms with Gasteiger partial charge in [-0.3, -0.25) is 9.59 Å². The molecule has 5 nitrogen and oxygen atoms in total. The lowest BCUT2D eigenvalue weighted by Crippen LogP contribution is -2.13. The van der Waals surface area contributed by atoms with E-state index in [1.807, 2.05) is 30.3 Å². The number of fused-ring (bicyclic) bond motifs is 1. The first-order valence-corrected chi connectivity index (χ1v) is 11.3.